The van der Waals surface area contributed by atoms with Crippen molar-refractivity contribution in [3.8, 4) is 5.75 Å². The molecule has 2 heterocycles. The molecular formula is C22H24N2O. The molecule has 3 nitrogen and oxygen atoms in total. The molecule has 0 aliphatic carbocycles. The molecule has 0 spiro atoms. The Morgan fingerprint density at radius 1 is 1.00 bits per heavy atom. The lowest BCUT2D eigenvalue weighted by Gasteiger charge is -2.19. The van der Waals surface area contributed by atoms with Crippen molar-refractivity contribution in [1.29, 1.82) is 0 Å². The van der Waals surface area contributed by atoms with Crippen molar-refractivity contribution in [3.63, 3.8) is 0 Å². The molecule has 0 bridgehead atoms. The number of rotatable bonds is 4. The van der Waals surface area contributed by atoms with Gasteiger partial charge in [0.25, 0.3) is 0 Å². The van der Waals surface area contributed by atoms with Crippen molar-refractivity contribution >= 4 is 16.6 Å². The molecule has 0 N–H and O–H groups in total. The van der Waals surface area contributed by atoms with Gasteiger partial charge in [-0.05, 0) is 61.6 Å². The van der Waals surface area contributed by atoms with Crippen LogP contribution in [0.1, 0.15) is 29.5 Å². The standard InChI is InChI=1S/C22H24N2O/c1-16-5-6-17(2)22(13-16)25-15-18-7-8-19-20(14-18)23-10-9-21(19)24-11-3-4-12-24/h5-10,13-14H,3-4,11-12,15H2,1-2H3. The first-order valence-electron chi connectivity index (χ1n) is 9.03. The Hall–Kier alpha value is -2.55. The van der Waals surface area contributed by atoms with Gasteiger partial charge in [-0.15, -0.1) is 0 Å². The average molecular weight is 332 g/mol. The molecule has 4 rings (SSSR count). The quantitative estimate of drug-likeness (QED) is 0.670. The monoisotopic (exact) mass is 332 g/mol. The minimum absolute atomic E-state index is 0.565. The molecule has 0 unspecified atom stereocenters. The number of aryl methyl sites for hydroxylation is 2. The van der Waals surface area contributed by atoms with E-state index in [0.717, 1.165) is 29.9 Å². The third-order valence-corrected chi connectivity index (χ3v) is 4.97. The van der Waals surface area contributed by atoms with Gasteiger partial charge in [0.2, 0.25) is 0 Å². The molecule has 3 aromatic rings. The molecule has 0 saturated carbocycles. The van der Waals surface area contributed by atoms with E-state index in [1.165, 1.54) is 35.0 Å². The SMILES string of the molecule is Cc1ccc(C)c(OCc2ccc3c(N4CCCC4)ccnc3c2)c1. The molecule has 1 aliphatic heterocycles. The Labute approximate surface area is 149 Å². The van der Waals surface area contributed by atoms with Crippen LogP contribution in [0.25, 0.3) is 10.9 Å². The zero-order valence-corrected chi connectivity index (χ0v) is 15.0. The van der Waals surface area contributed by atoms with E-state index in [4.69, 9.17) is 4.74 Å². The zero-order chi connectivity index (χ0) is 17.2. The normalized spacial score (nSPS) is 14.2. The highest BCUT2D eigenvalue weighted by Gasteiger charge is 2.15. The highest BCUT2D eigenvalue weighted by atomic mass is 16.5. The summed E-state index contributed by atoms with van der Waals surface area (Å²) >= 11 is 0. The third-order valence-electron chi connectivity index (χ3n) is 4.97. The van der Waals surface area contributed by atoms with Crippen LogP contribution >= 0.6 is 0 Å². The van der Waals surface area contributed by atoms with Gasteiger partial charge < -0.3 is 9.64 Å². The highest BCUT2D eigenvalue weighted by molar-refractivity contribution is 5.92. The van der Waals surface area contributed by atoms with Gasteiger partial charge in [-0.2, -0.15) is 0 Å². The summed E-state index contributed by atoms with van der Waals surface area (Å²) in [6, 6.07) is 15.0. The van der Waals surface area contributed by atoms with Crippen LogP contribution in [0.2, 0.25) is 0 Å². The van der Waals surface area contributed by atoms with E-state index in [0.29, 0.717) is 6.61 Å². The van der Waals surface area contributed by atoms with Crippen LogP contribution < -0.4 is 9.64 Å². The van der Waals surface area contributed by atoms with Gasteiger partial charge in [0.15, 0.2) is 0 Å². The number of pyridine rings is 1. The molecule has 1 aliphatic rings. The molecule has 3 heteroatoms. The average Bonchev–Trinajstić information content (AvgIpc) is 3.16. The van der Waals surface area contributed by atoms with E-state index in [9.17, 15) is 0 Å². The predicted octanol–water partition coefficient (Wildman–Crippen LogP) is 5.03. The first kappa shape index (κ1) is 15.9. The molecule has 1 fully saturated rings. The van der Waals surface area contributed by atoms with Gasteiger partial charge >= 0.3 is 0 Å². The summed E-state index contributed by atoms with van der Waals surface area (Å²) in [7, 11) is 0. The van der Waals surface area contributed by atoms with Crippen LogP contribution in [0, 0.1) is 13.8 Å². The number of nitrogens with zero attached hydrogens (tertiary/aromatic N) is 2. The lowest BCUT2D eigenvalue weighted by Crippen LogP contribution is -2.17. The third kappa shape index (κ3) is 3.32. The molecule has 128 valence electrons. The van der Waals surface area contributed by atoms with E-state index >= 15 is 0 Å². The second-order valence-electron chi connectivity index (χ2n) is 6.93. The Morgan fingerprint density at radius 2 is 1.84 bits per heavy atom. The van der Waals surface area contributed by atoms with E-state index in [2.05, 4.69) is 66.2 Å². The van der Waals surface area contributed by atoms with Crippen molar-refractivity contribution in [2.75, 3.05) is 18.0 Å². The zero-order valence-electron chi connectivity index (χ0n) is 15.0. The Morgan fingerprint density at radius 3 is 2.68 bits per heavy atom. The highest BCUT2D eigenvalue weighted by Crippen LogP contribution is 2.29. The topological polar surface area (TPSA) is 25.4 Å². The van der Waals surface area contributed by atoms with Crippen LogP contribution in [-0.4, -0.2) is 18.1 Å². The van der Waals surface area contributed by atoms with E-state index in [1.807, 2.05) is 6.20 Å². The minimum atomic E-state index is 0.565. The fourth-order valence-corrected chi connectivity index (χ4v) is 3.53. The Kier molecular flexibility index (Phi) is 4.31. The lowest BCUT2D eigenvalue weighted by atomic mass is 10.1. The van der Waals surface area contributed by atoms with Crippen LogP contribution in [0.5, 0.6) is 5.75 Å². The van der Waals surface area contributed by atoms with Crippen molar-refractivity contribution in [3.05, 3.63) is 65.4 Å². The van der Waals surface area contributed by atoms with Gasteiger partial charge in [-0.25, -0.2) is 0 Å². The number of fused-ring (bicyclic) bond motifs is 1. The summed E-state index contributed by atoms with van der Waals surface area (Å²) in [6.07, 6.45) is 4.49. The van der Waals surface area contributed by atoms with Crippen LogP contribution in [0.15, 0.2) is 48.7 Å². The fraction of sp³-hybridized carbons (Fsp3) is 0.318. The van der Waals surface area contributed by atoms with Crippen molar-refractivity contribution in [1.82, 2.24) is 4.98 Å². The van der Waals surface area contributed by atoms with Gasteiger partial charge in [0.1, 0.15) is 12.4 Å². The van der Waals surface area contributed by atoms with E-state index in [-0.39, 0.29) is 0 Å². The van der Waals surface area contributed by atoms with E-state index in [1.54, 1.807) is 0 Å². The number of benzene rings is 2. The molecule has 1 aromatic heterocycles. The molecule has 25 heavy (non-hydrogen) atoms. The second-order valence-corrected chi connectivity index (χ2v) is 6.93. The largest absolute Gasteiger partial charge is 0.489 e. The molecular weight excluding hydrogens is 308 g/mol. The maximum atomic E-state index is 6.04. The van der Waals surface area contributed by atoms with E-state index < -0.39 is 0 Å². The number of hydrogen-bond acceptors (Lipinski definition) is 3. The summed E-state index contributed by atoms with van der Waals surface area (Å²) in [4.78, 5) is 7.05. The van der Waals surface area contributed by atoms with Gasteiger partial charge in [0.05, 0.1) is 5.52 Å². The maximum absolute atomic E-state index is 6.04. The van der Waals surface area contributed by atoms with Crippen LogP contribution in [-0.2, 0) is 6.61 Å². The first-order valence-corrected chi connectivity index (χ1v) is 9.03. The summed E-state index contributed by atoms with van der Waals surface area (Å²) in [6.45, 7) is 7.04. The van der Waals surface area contributed by atoms with Gasteiger partial charge in [0, 0.05) is 30.4 Å². The van der Waals surface area contributed by atoms with Gasteiger partial charge in [-0.1, -0.05) is 24.3 Å². The smallest absolute Gasteiger partial charge is 0.122 e. The number of aromatic nitrogens is 1. The number of hydrogen-bond donors (Lipinski definition) is 0. The molecule has 1 saturated heterocycles. The minimum Gasteiger partial charge on any atom is -0.489 e. The molecule has 0 amide bonds. The van der Waals surface area contributed by atoms with Crippen molar-refractivity contribution in [2.24, 2.45) is 0 Å². The lowest BCUT2D eigenvalue weighted by molar-refractivity contribution is 0.304. The van der Waals surface area contributed by atoms with Crippen LogP contribution in [0.4, 0.5) is 5.69 Å². The fourth-order valence-electron chi connectivity index (χ4n) is 3.53. The summed E-state index contributed by atoms with van der Waals surface area (Å²) in [5.41, 5.74) is 5.90. The maximum Gasteiger partial charge on any atom is 0.122 e. The first-order chi connectivity index (χ1) is 12.2. The van der Waals surface area contributed by atoms with Crippen LogP contribution in [0.3, 0.4) is 0 Å². The summed E-state index contributed by atoms with van der Waals surface area (Å²) in [5, 5.41) is 1.24. The van der Waals surface area contributed by atoms with Crippen molar-refractivity contribution in [2.45, 2.75) is 33.3 Å². The number of anilines is 1. The van der Waals surface area contributed by atoms with Crippen molar-refractivity contribution < 1.29 is 4.74 Å². The molecule has 0 radical (unpaired) electrons. The summed E-state index contributed by atoms with van der Waals surface area (Å²) < 4.78 is 6.04. The number of ether oxygens (including phenoxy) is 1. The predicted molar refractivity (Wildman–Crippen MR) is 103 cm³/mol. The van der Waals surface area contributed by atoms with Gasteiger partial charge in [-0.3, -0.25) is 4.98 Å². The Balaban J connectivity index is 1.58. The second kappa shape index (κ2) is 6.75. The Bertz CT molecular complexity index is 898. The molecule has 2 aromatic carbocycles. The summed E-state index contributed by atoms with van der Waals surface area (Å²) in [5.74, 6) is 0.957. The molecule has 0 atom stereocenters.